The number of anilines is 1. The summed E-state index contributed by atoms with van der Waals surface area (Å²) >= 11 is 2.18. The van der Waals surface area contributed by atoms with Crippen LogP contribution in [-0.2, 0) is 0 Å². The van der Waals surface area contributed by atoms with E-state index in [2.05, 4.69) is 37.9 Å². The van der Waals surface area contributed by atoms with E-state index in [-0.39, 0.29) is 6.61 Å². The lowest BCUT2D eigenvalue weighted by atomic mass is 10.0. The molecule has 1 heterocycles. The molecule has 0 radical (unpaired) electrons. The molecule has 15 heavy (non-hydrogen) atoms. The first-order chi connectivity index (χ1) is 7.24. The molecule has 5 heteroatoms. The van der Waals surface area contributed by atoms with E-state index in [4.69, 9.17) is 5.11 Å². The van der Waals surface area contributed by atoms with Gasteiger partial charge in [-0.05, 0) is 47.3 Å². The molecule has 1 aromatic heterocycles. The van der Waals surface area contributed by atoms with Crippen LogP contribution in [0.1, 0.15) is 19.3 Å². The third-order valence-corrected chi connectivity index (χ3v) is 3.40. The molecule has 1 aliphatic rings. The van der Waals surface area contributed by atoms with Gasteiger partial charge in [0.15, 0.2) is 0 Å². The van der Waals surface area contributed by atoms with Crippen LogP contribution in [-0.4, -0.2) is 28.2 Å². The smallest absolute Gasteiger partial charge is 0.222 e. The van der Waals surface area contributed by atoms with E-state index in [1.54, 1.807) is 12.4 Å². The van der Waals surface area contributed by atoms with E-state index < -0.39 is 0 Å². The Morgan fingerprint density at radius 3 is 2.60 bits per heavy atom. The Morgan fingerprint density at radius 2 is 2.07 bits per heavy atom. The molecule has 82 valence electrons. The number of nitrogens with zero attached hydrogens (tertiary/aromatic N) is 2. The van der Waals surface area contributed by atoms with Gasteiger partial charge in [0, 0.05) is 29.1 Å². The summed E-state index contributed by atoms with van der Waals surface area (Å²) < 4.78 is 1.04. The normalized spacial score (nSPS) is 17.5. The van der Waals surface area contributed by atoms with Crippen molar-refractivity contribution in [3.63, 3.8) is 0 Å². The van der Waals surface area contributed by atoms with Gasteiger partial charge in [0.1, 0.15) is 0 Å². The van der Waals surface area contributed by atoms with Crippen molar-refractivity contribution in [3.05, 3.63) is 16.0 Å². The van der Waals surface area contributed by atoms with Crippen LogP contribution in [0.4, 0.5) is 5.95 Å². The molecule has 1 saturated carbocycles. The fraction of sp³-hybridized carbons (Fsp3) is 0.600. The average molecular weight is 319 g/mol. The monoisotopic (exact) mass is 319 g/mol. The fourth-order valence-corrected chi connectivity index (χ4v) is 1.88. The third kappa shape index (κ3) is 3.01. The number of hydrogen-bond donors (Lipinski definition) is 2. The lowest BCUT2D eigenvalue weighted by Crippen LogP contribution is -2.18. The summed E-state index contributed by atoms with van der Waals surface area (Å²) in [6, 6.07) is 0. The molecule has 0 bridgehead atoms. The van der Waals surface area contributed by atoms with Gasteiger partial charge in [-0.2, -0.15) is 0 Å². The molecule has 0 aromatic carbocycles. The maximum Gasteiger partial charge on any atom is 0.222 e. The molecule has 2 N–H and O–H groups in total. The Balaban J connectivity index is 1.85. The molecule has 2 rings (SSSR count). The van der Waals surface area contributed by atoms with Crippen LogP contribution in [0.2, 0.25) is 0 Å². The molecule has 1 aromatic rings. The van der Waals surface area contributed by atoms with Crippen molar-refractivity contribution >= 4 is 28.5 Å². The minimum atomic E-state index is 0.273. The zero-order chi connectivity index (χ0) is 10.7. The predicted molar refractivity (Wildman–Crippen MR) is 66.6 cm³/mol. The Hall–Kier alpha value is -0.430. The van der Waals surface area contributed by atoms with E-state index in [9.17, 15) is 0 Å². The number of aromatic nitrogens is 2. The molecule has 1 aliphatic carbocycles. The predicted octanol–water partition coefficient (Wildman–Crippen LogP) is 1.66. The number of aliphatic hydroxyl groups excluding tert-OH is 1. The fourth-order valence-electron chi connectivity index (χ4n) is 1.60. The Kier molecular flexibility index (Phi) is 3.40. The zero-order valence-corrected chi connectivity index (χ0v) is 10.6. The molecule has 0 atom stereocenters. The SMILES string of the molecule is OCCC1(CNc2ncc(I)cn2)CC1. The highest BCUT2D eigenvalue weighted by Crippen LogP contribution is 2.48. The minimum absolute atomic E-state index is 0.273. The summed E-state index contributed by atoms with van der Waals surface area (Å²) in [5.41, 5.74) is 0.307. The van der Waals surface area contributed by atoms with Crippen LogP contribution in [0, 0.1) is 8.99 Å². The number of rotatable bonds is 5. The first kappa shape index (κ1) is 11.1. The van der Waals surface area contributed by atoms with Crippen LogP contribution >= 0.6 is 22.6 Å². The van der Waals surface area contributed by atoms with E-state index in [1.165, 1.54) is 12.8 Å². The van der Waals surface area contributed by atoms with E-state index >= 15 is 0 Å². The van der Waals surface area contributed by atoms with Gasteiger partial charge < -0.3 is 10.4 Å². The summed E-state index contributed by atoms with van der Waals surface area (Å²) in [6.07, 6.45) is 6.86. The van der Waals surface area contributed by atoms with Gasteiger partial charge in [-0.3, -0.25) is 0 Å². The highest BCUT2D eigenvalue weighted by atomic mass is 127. The Bertz CT molecular complexity index is 324. The quantitative estimate of drug-likeness (QED) is 0.811. The second-order valence-electron chi connectivity index (χ2n) is 4.05. The zero-order valence-electron chi connectivity index (χ0n) is 8.41. The summed E-state index contributed by atoms with van der Waals surface area (Å²) in [6.45, 7) is 1.14. The Morgan fingerprint density at radius 1 is 1.40 bits per heavy atom. The molecule has 4 nitrogen and oxygen atoms in total. The molecule has 0 unspecified atom stereocenters. The van der Waals surface area contributed by atoms with Crippen LogP contribution < -0.4 is 5.32 Å². The highest BCUT2D eigenvalue weighted by Gasteiger charge is 2.41. The van der Waals surface area contributed by atoms with Crippen molar-refractivity contribution in [1.82, 2.24) is 9.97 Å². The van der Waals surface area contributed by atoms with Crippen molar-refractivity contribution in [1.29, 1.82) is 0 Å². The maximum absolute atomic E-state index is 8.92. The lowest BCUT2D eigenvalue weighted by molar-refractivity contribution is 0.253. The van der Waals surface area contributed by atoms with Crippen molar-refractivity contribution in [2.45, 2.75) is 19.3 Å². The molecule has 0 amide bonds. The molecule has 1 fully saturated rings. The van der Waals surface area contributed by atoms with Crippen molar-refractivity contribution < 1.29 is 5.11 Å². The first-order valence-electron chi connectivity index (χ1n) is 5.06. The average Bonchev–Trinajstić information content (AvgIpc) is 2.99. The third-order valence-electron chi connectivity index (χ3n) is 2.84. The topological polar surface area (TPSA) is 58.0 Å². The van der Waals surface area contributed by atoms with E-state index in [0.717, 1.165) is 16.5 Å². The minimum Gasteiger partial charge on any atom is -0.396 e. The van der Waals surface area contributed by atoms with Crippen LogP contribution in [0.5, 0.6) is 0 Å². The van der Waals surface area contributed by atoms with Crippen molar-refractivity contribution in [2.24, 2.45) is 5.41 Å². The standard InChI is InChI=1S/C10H14IN3O/c11-8-5-12-9(13-6-8)14-7-10(1-2-10)3-4-15/h5-6,15H,1-4,7H2,(H,12,13,14). The van der Waals surface area contributed by atoms with Gasteiger partial charge in [-0.25, -0.2) is 9.97 Å². The number of aliphatic hydroxyl groups is 1. The number of hydrogen-bond acceptors (Lipinski definition) is 4. The van der Waals surface area contributed by atoms with Gasteiger partial charge >= 0.3 is 0 Å². The van der Waals surface area contributed by atoms with Gasteiger partial charge in [0.2, 0.25) is 5.95 Å². The summed E-state index contributed by atoms with van der Waals surface area (Å²) in [5, 5.41) is 12.1. The van der Waals surface area contributed by atoms with E-state index in [0.29, 0.717) is 11.4 Å². The molecular formula is C10H14IN3O. The van der Waals surface area contributed by atoms with Crippen molar-refractivity contribution in [2.75, 3.05) is 18.5 Å². The van der Waals surface area contributed by atoms with Crippen LogP contribution in [0.15, 0.2) is 12.4 Å². The van der Waals surface area contributed by atoms with Crippen molar-refractivity contribution in [3.8, 4) is 0 Å². The van der Waals surface area contributed by atoms with Gasteiger partial charge in [-0.1, -0.05) is 0 Å². The summed E-state index contributed by atoms with van der Waals surface area (Å²) in [4.78, 5) is 8.35. The van der Waals surface area contributed by atoms with E-state index in [1.807, 2.05) is 0 Å². The van der Waals surface area contributed by atoms with Gasteiger partial charge in [0.05, 0.1) is 0 Å². The lowest BCUT2D eigenvalue weighted by Gasteiger charge is -2.14. The first-order valence-corrected chi connectivity index (χ1v) is 6.14. The molecule has 0 spiro atoms. The number of nitrogens with one attached hydrogen (secondary N) is 1. The number of halogens is 1. The molecule has 0 aliphatic heterocycles. The largest absolute Gasteiger partial charge is 0.396 e. The van der Waals surface area contributed by atoms with Crippen LogP contribution in [0.3, 0.4) is 0 Å². The summed E-state index contributed by atoms with van der Waals surface area (Å²) in [7, 11) is 0. The van der Waals surface area contributed by atoms with Gasteiger partial charge in [0.25, 0.3) is 0 Å². The Labute approximate surface area is 103 Å². The second-order valence-corrected chi connectivity index (χ2v) is 5.30. The summed E-state index contributed by atoms with van der Waals surface area (Å²) in [5.74, 6) is 0.680. The maximum atomic E-state index is 8.92. The highest BCUT2D eigenvalue weighted by molar-refractivity contribution is 14.1. The van der Waals surface area contributed by atoms with Gasteiger partial charge in [-0.15, -0.1) is 0 Å². The second kappa shape index (κ2) is 4.61. The molecule has 0 saturated heterocycles. The van der Waals surface area contributed by atoms with Crippen LogP contribution in [0.25, 0.3) is 0 Å². The molecular weight excluding hydrogens is 305 g/mol.